The SMILES string of the molecule is C[C@@H](O)CNS(=O)(=O)c1ccc(N)cc1. The van der Waals surface area contributed by atoms with E-state index in [2.05, 4.69) is 4.72 Å². The molecule has 0 aliphatic rings. The summed E-state index contributed by atoms with van der Waals surface area (Å²) in [6, 6.07) is 5.85. The summed E-state index contributed by atoms with van der Waals surface area (Å²) in [5, 5.41) is 8.96. The predicted molar refractivity (Wildman–Crippen MR) is 57.7 cm³/mol. The molecule has 0 bridgehead atoms. The van der Waals surface area contributed by atoms with Crippen LogP contribution in [0.25, 0.3) is 0 Å². The van der Waals surface area contributed by atoms with Gasteiger partial charge in [-0.1, -0.05) is 0 Å². The van der Waals surface area contributed by atoms with Crippen LogP contribution in [0, 0.1) is 0 Å². The molecule has 15 heavy (non-hydrogen) atoms. The summed E-state index contributed by atoms with van der Waals surface area (Å²) < 4.78 is 25.4. The maximum absolute atomic E-state index is 11.6. The van der Waals surface area contributed by atoms with E-state index in [1.165, 1.54) is 31.2 Å². The largest absolute Gasteiger partial charge is 0.399 e. The first-order valence-corrected chi connectivity index (χ1v) is 5.93. The molecule has 0 fully saturated rings. The van der Waals surface area contributed by atoms with Crippen LogP contribution in [0.1, 0.15) is 6.92 Å². The number of hydrogen-bond acceptors (Lipinski definition) is 4. The second kappa shape index (κ2) is 4.61. The lowest BCUT2D eigenvalue weighted by molar-refractivity contribution is 0.198. The topological polar surface area (TPSA) is 92.4 Å². The van der Waals surface area contributed by atoms with E-state index in [0.717, 1.165) is 0 Å². The standard InChI is InChI=1S/C9H14N2O3S/c1-7(12)6-11-15(13,14)9-4-2-8(10)3-5-9/h2-5,7,11-12H,6,10H2,1H3/t7-/m1/s1. The molecule has 0 aliphatic carbocycles. The number of benzene rings is 1. The smallest absolute Gasteiger partial charge is 0.240 e. The van der Waals surface area contributed by atoms with E-state index in [0.29, 0.717) is 5.69 Å². The minimum Gasteiger partial charge on any atom is -0.399 e. The first-order valence-electron chi connectivity index (χ1n) is 4.45. The van der Waals surface area contributed by atoms with Crippen molar-refractivity contribution in [3.05, 3.63) is 24.3 Å². The molecule has 1 rings (SSSR count). The molecule has 1 aromatic carbocycles. The summed E-state index contributed by atoms with van der Waals surface area (Å²) in [5.74, 6) is 0. The third-order valence-corrected chi connectivity index (χ3v) is 3.20. The highest BCUT2D eigenvalue weighted by Gasteiger charge is 2.13. The van der Waals surface area contributed by atoms with Crippen LogP contribution in [-0.4, -0.2) is 26.2 Å². The minimum absolute atomic E-state index is 0.00723. The Kier molecular flexibility index (Phi) is 3.67. The van der Waals surface area contributed by atoms with E-state index in [-0.39, 0.29) is 11.4 Å². The average Bonchev–Trinajstić information content (AvgIpc) is 2.16. The molecule has 84 valence electrons. The summed E-state index contributed by atoms with van der Waals surface area (Å²) in [6.07, 6.45) is -0.714. The van der Waals surface area contributed by atoms with E-state index >= 15 is 0 Å². The number of anilines is 1. The zero-order valence-electron chi connectivity index (χ0n) is 8.34. The molecule has 0 aromatic heterocycles. The Hall–Kier alpha value is -1.11. The Balaban J connectivity index is 2.82. The lowest BCUT2D eigenvalue weighted by atomic mass is 10.3. The Morgan fingerprint density at radius 2 is 1.93 bits per heavy atom. The summed E-state index contributed by atoms with van der Waals surface area (Å²) in [7, 11) is -3.54. The fourth-order valence-corrected chi connectivity index (χ4v) is 2.08. The Morgan fingerprint density at radius 3 is 2.40 bits per heavy atom. The zero-order valence-corrected chi connectivity index (χ0v) is 9.16. The lowest BCUT2D eigenvalue weighted by Crippen LogP contribution is -2.30. The Labute approximate surface area is 89.0 Å². The molecule has 4 N–H and O–H groups in total. The molecular weight excluding hydrogens is 216 g/mol. The van der Waals surface area contributed by atoms with Crippen LogP contribution >= 0.6 is 0 Å². The van der Waals surface area contributed by atoms with Crippen molar-refractivity contribution < 1.29 is 13.5 Å². The van der Waals surface area contributed by atoms with Gasteiger partial charge in [0.05, 0.1) is 11.0 Å². The van der Waals surface area contributed by atoms with Gasteiger partial charge in [0.25, 0.3) is 0 Å². The summed E-state index contributed by atoms with van der Waals surface area (Å²) in [6.45, 7) is 1.50. The van der Waals surface area contributed by atoms with E-state index in [1.54, 1.807) is 0 Å². The fraction of sp³-hybridized carbons (Fsp3) is 0.333. The maximum Gasteiger partial charge on any atom is 0.240 e. The highest BCUT2D eigenvalue weighted by Crippen LogP contribution is 2.10. The number of hydrogen-bond donors (Lipinski definition) is 3. The number of aliphatic hydroxyl groups is 1. The number of nitrogens with two attached hydrogens (primary N) is 1. The van der Waals surface area contributed by atoms with Crippen molar-refractivity contribution in [1.82, 2.24) is 4.72 Å². The molecule has 0 amide bonds. The van der Waals surface area contributed by atoms with Crippen LogP contribution in [0.3, 0.4) is 0 Å². The summed E-state index contributed by atoms with van der Waals surface area (Å²) in [5.41, 5.74) is 5.94. The van der Waals surface area contributed by atoms with Crippen molar-refractivity contribution in [2.24, 2.45) is 0 Å². The van der Waals surface area contributed by atoms with Gasteiger partial charge in [0.2, 0.25) is 10.0 Å². The number of rotatable bonds is 4. The quantitative estimate of drug-likeness (QED) is 0.631. The van der Waals surface area contributed by atoms with Crippen LogP contribution in [0.4, 0.5) is 5.69 Å². The monoisotopic (exact) mass is 230 g/mol. The molecule has 0 unspecified atom stereocenters. The van der Waals surface area contributed by atoms with Crippen LogP contribution in [-0.2, 0) is 10.0 Å². The summed E-state index contributed by atoms with van der Waals surface area (Å²) >= 11 is 0. The average molecular weight is 230 g/mol. The van der Waals surface area contributed by atoms with Gasteiger partial charge in [0.15, 0.2) is 0 Å². The molecule has 0 spiro atoms. The van der Waals surface area contributed by atoms with E-state index in [4.69, 9.17) is 10.8 Å². The highest BCUT2D eigenvalue weighted by molar-refractivity contribution is 7.89. The van der Waals surface area contributed by atoms with Gasteiger partial charge in [-0.15, -0.1) is 0 Å². The molecular formula is C9H14N2O3S. The first kappa shape index (κ1) is 12.0. The lowest BCUT2D eigenvalue weighted by Gasteiger charge is -2.08. The molecule has 0 heterocycles. The number of aliphatic hydroxyl groups excluding tert-OH is 1. The van der Waals surface area contributed by atoms with Gasteiger partial charge < -0.3 is 10.8 Å². The predicted octanol–water partition coefficient (Wildman–Crippen LogP) is -0.0721. The van der Waals surface area contributed by atoms with Gasteiger partial charge in [-0.05, 0) is 31.2 Å². The third kappa shape index (κ3) is 3.50. The van der Waals surface area contributed by atoms with Crippen molar-refractivity contribution in [3.8, 4) is 0 Å². The first-order chi connectivity index (χ1) is 6.92. The molecule has 1 atom stereocenters. The van der Waals surface area contributed by atoms with Crippen molar-refractivity contribution >= 4 is 15.7 Å². The van der Waals surface area contributed by atoms with Gasteiger partial charge in [-0.2, -0.15) is 0 Å². The molecule has 0 radical (unpaired) electrons. The van der Waals surface area contributed by atoms with Gasteiger partial charge in [0.1, 0.15) is 0 Å². The zero-order chi connectivity index (χ0) is 11.5. The molecule has 0 aliphatic heterocycles. The molecule has 5 nitrogen and oxygen atoms in total. The second-order valence-electron chi connectivity index (χ2n) is 3.27. The van der Waals surface area contributed by atoms with Crippen LogP contribution in [0.2, 0.25) is 0 Å². The number of sulfonamides is 1. The van der Waals surface area contributed by atoms with Gasteiger partial charge >= 0.3 is 0 Å². The number of nitrogen functional groups attached to an aromatic ring is 1. The van der Waals surface area contributed by atoms with E-state index in [9.17, 15) is 8.42 Å². The Bertz CT molecular complexity index is 411. The van der Waals surface area contributed by atoms with Crippen molar-refractivity contribution in [2.45, 2.75) is 17.9 Å². The number of nitrogens with one attached hydrogen (secondary N) is 1. The molecule has 1 aromatic rings. The van der Waals surface area contributed by atoms with Gasteiger partial charge in [0, 0.05) is 12.2 Å². The van der Waals surface area contributed by atoms with Crippen LogP contribution in [0.15, 0.2) is 29.2 Å². The van der Waals surface area contributed by atoms with E-state index in [1.807, 2.05) is 0 Å². The summed E-state index contributed by atoms with van der Waals surface area (Å²) in [4.78, 5) is 0.136. The second-order valence-corrected chi connectivity index (χ2v) is 5.04. The molecule has 6 heteroatoms. The van der Waals surface area contributed by atoms with E-state index < -0.39 is 16.1 Å². The van der Waals surface area contributed by atoms with Gasteiger partial charge in [-0.25, -0.2) is 13.1 Å². The van der Waals surface area contributed by atoms with Gasteiger partial charge in [-0.3, -0.25) is 0 Å². The van der Waals surface area contributed by atoms with Crippen LogP contribution < -0.4 is 10.5 Å². The van der Waals surface area contributed by atoms with Crippen molar-refractivity contribution in [3.63, 3.8) is 0 Å². The highest BCUT2D eigenvalue weighted by atomic mass is 32.2. The molecule has 0 saturated heterocycles. The van der Waals surface area contributed by atoms with Crippen LogP contribution in [0.5, 0.6) is 0 Å². The molecule has 0 saturated carbocycles. The Morgan fingerprint density at radius 1 is 1.40 bits per heavy atom. The van der Waals surface area contributed by atoms with Crippen molar-refractivity contribution in [2.75, 3.05) is 12.3 Å². The normalized spacial score (nSPS) is 13.7. The third-order valence-electron chi connectivity index (χ3n) is 1.76. The van der Waals surface area contributed by atoms with Crippen molar-refractivity contribution in [1.29, 1.82) is 0 Å². The fourth-order valence-electron chi connectivity index (χ4n) is 0.961. The maximum atomic E-state index is 11.6. The minimum atomic E-state index is -3.54.